The molecule has 0 atom stereocenters. The minimum absolute atomic E-state index is 0.470. The number of hydrogen-bond acceptors (Lipinski definition) is 3. The van der Waals surface area contributed by atoms with Crippen molar-refractivity contribution in [2.24, 2.45) is 5.73 Å². The van der Waals surface area contributed by atoms with Gasteiger partial charge >= 0.3 is 0 Å². The van der Waals surface area contributed by atoms with Crippen molar-refractivity contribution in [2.75, 3.05) is 12.4 Å². The van der Waals surface area contributed by atoms with E-state index in [4.69, 9.17) is 10.5 Å². The summed E-state index contributed by atoms with van der Waals surface area (Å²) in [6.45, 7) is 1.77. The quantitative estimate of drug-likeness (QED) is 0.734. The Labute approximate surface area is 88.7 Å². The van der Waals surface area contributed by atoms with Crippen LogP contribution in [0, 0.1) is 0 Å². The van der Waals surface area contributed by atoms with Crippen LogP contribution >= 0.6 is 0 Å². The zero-order chi connectivity index (χ0) is 11.3. The Kier molecular flexibility index (Phi) is 3.74. The lowest BCUT2D eigenvalue weighted by molar-refractivity contribution is -0.113. The molecule has 0 fully saturated rings. The van der Waals surface area contributed by atoms with E-state index in [-0.39, 0.29) is 0 Å². The molecule has 0 heterocycles. The first-order valence-electron chi connectivity index (χ1n) is 4.50. The highest BCUT2D eigenvalue weighted by Crippen LogP contribution is 2.17. The van der Waals surface area contributed by atoms with Gasteiger partial charge in [0.2, 0.25) is 5.91 Å². The average Bonchev–Trinajstić information content (AvgIpc) is 2.16. The van der Waals surface area contributed by atoms with Crippen LogP contribution in [-0.4, -0.2) is 13.0 Å². The molecular formula is C11H14N2O2. The summed E-state index contributed by atoms with van der Waals surface area (Å²) in [7, 11) is 1.60. The monoisotopic (exact) mass is 206 g/mol. The van der Waals surface area contributed by atoms with E-state index in [1.807, 2.05) is 24.3 Å². The highest BCUT2D eigenvalue weighted by atomic mass is 16.5. The number of carbonyl (C=O) groups excluding carboxylic acids is 1. The molecule has 1 rings (SSSR count). The number of hydrogen-bond donors (Lipinski definition) is 2. The van der Waals surface area contributed by atoms with Gasteiger partial charge in [-0.05, 0) is 19.1 Å². The number of methoxy groups -OCH3 is 1. The van der Waals surface area contributed by atoms with E-state index in [0.29, 0.717) is 5.70 Å². The molecule has 1 aromatic carbocycles. The molecule has 0 spiro atoms. The maximum Gasteiger partial charge on any atom is 0.243 e. The first kappa shape index (κ1) is 11.1. The van der Waals surface area contributed by atoms with E-state index < -0.39 is 5.91 Å². The van der Waals surface area contributed by atoms with Gasteiger partial charge in [0.15, 0.2) is 0 Å². The second-order valence-electron chi connectivity index (χ2n) is 3.09. The van der Waals surface area contributed by atoms with Crippen molar-refractivity contribution in [3.63, 3.8) is 0 Å². The van der Waals surface area contributed by atoms with Crippen LogP contribution in [0.1, 0.15) is 6.92 Å². The van der Waals surface area contributed by atoms with E-state index in [0.717, 1.165) is 11.4 Å². The maximum atomic E-state index is 10.6. The molecule has 0 saturated heterocycles. The molecular weight excluding hydrogens is 192 g/mol. The normalized spacial score (nSPS) is 10.9. The largest absolute Gasteiger partial charge is 0.497 e. The first-order chi connectivity index (χ1) is 7.11. The zero-order valence-corrected chi connectivity index (χ0v) is 8.78. The number of anilines is 1. The lowest BCUT2D eigenvalue weighted by Crippen LogP contribution is -2.09. The van der Waals surface area contributed by atoms with Crippen molar-refractivity contribution in [3.05, 3.63) is 36.0 Å². The highest BCUT2D eigenvalue weighted by molar-refractivity contribution is 5.87. The summed E-state index contributed by atoms with van der Waals surface area (Å²) in [6.07, 6.45) is 1.33. The molecule has 1 aromatic rings. The minimum Gasteiger partial charge on any atom is -0.497 e. The third kappa shape index (κ3) is 3.72. The van der Waals surface area contributed by atoms with Crippen molar-refractivity contribution < 1.29 is 9.53 Å². The zero-order valence-electron chi connectivity index (χ0n) is 8.78. The topological polar surface area (TPSA) is 64.3 Å². The summed E-state index contributed by atoms with van der Waals surface area (Å²) >= 11 is 0. The molecule has 0 aliphatic heterocycles. The molecule has 4 heteroatoms. The Morgan fingerprint density at radius 1 is 1.53 bits per heavy atom. The summed E-state index contributed by atoms with van der Waals surface area (Å²) in [5, 5.41) is 3.03. The van der Waals surface area contributed by atoms with Gasteiger partial charge in [-0.1, -0.05) is 6.07 Å². The first-order valence-corrected chi connectivity index (χ1v) is 4.50. The van der Waals surface area contributed by atoms with Crippen LogP contribution in [0.3, 0.4) is 0 Å². The van der Waals surface area contributed by atoms with Crippen molar-refractivity contribution in [1.82, 2.24) is 0 Å². The van der Waals surface area contributed by atoms with Gasteiger partial charge in [0.25, 0.3) is 0 Å². The van der Waals surface area contributed by atoms with Gasteiger partial charge in [-0.15, -0.1) is 0 Å². The van der Waals surface area contributed by atoms with Crippen LogP contribution in [0.2, 0.25) is 0 Å². The average molecular weight is 206 g/mol. The second kappa shape index (κ2) is 5.05. The maximum absolute atomic E-state index is 10.6. The Balaban J connectivity index is 2.76. The number of allylic oxidation sites excluding steroid dienone is 1. The smallest absolute Gasteiger partial charge is 0.243 e. The van der Waals surface area contributed by atoms with Gasteiger partial charge in [-0.25, -0.2) is 0 Å². The molecule has 0 aliphatic carbocycles. The molecule has 0 saturated carbocycles. The molecule has 0 aromatic heterocycles. The van der Waals surface area contributed by atoms with E-state index in [1.165, 1.54) is 6.08 Å². The fraction of sp³-hybridized carbons (Fsp3) is 0.182. The Morgan fingerprint density at radius 3 is 2.87 bits per heavy atom. The third-order valence-corrected chi connectivity index (χ3v) is 1.77. The fourth-order valence-corrected chi connectivity index (χ4v) is 1.18. The summed E-state index contributed by atoms with van der Waals surface area (Å²) in [5.41, 5.74) is 6.56. The molecule has 0 radical (unpaired) electrons. The highest BCUT2D eigenvalue weighted by Gasteiger charge is 1.96. The van der Waals surface area contributed by atoms with Gasteiger partial charge < -0.3 is 15.8 Å². The number of carbonyl (C=O) groups is 1. The number of primary amides is 1. The number of ether oxygens (including phenoxy) is 1. The van der Waals surface area contributed by atoms with Crippen LogP contribution in [0.25, 0.3) is 0 Å². The van der Waals surface area contributed by atoms with Crippen molar-refractivity contribution in [3.8, 4) is 5.75 Å². The van der Waals surface area contributed by atoms with Crippen LogP contribution in [0.4, 0.5) is 5.69 Å². The Morgan fingerprint density at radius 2 is 2.27 bits per heavy atom. The van der Waals surface area contributed by atoms with Gasteiger partial charge in [0, 0.05) is 23.5 Å². The molecule has 0 aliphatic rings. The summed E-state index contributed by atoms with van der Waals surface area (Å²) in [5.74, 6) is 0.287. The lowest BCUT2D eigenvalue weighted by Gasteiger charge is -2.07. The molecule has 1 amide bonds. The number of nitrogens with two attached hydrogens (primary N) is 1. The van der Waals surface area contributed by atoms with Crippen LogP contribution in [-0.2, 0) is 4.79 Å². The molecule has 3 N–H and O–H groups in total. The van der Waals surface area contributed by atoms with Gasteiger partial charge in [-0.2, -0.15) is 0 Å². The standard InChI is InChI=1S/C11H14N2O2/c1-8(6-11(12)14)13-9-4-3-5-10(7-9)15-2/h3-7,13H,1-2H3,(H2,12,14)/b8-6-. The number of nitrogens with one attached hydrogen (secondary N) is 1. The number of benzene rings is 1. The summed E-state index contributed by atoms with van der Waals surface area (Å²) < 4.78 is 5.07. The number of rotatable bonds is 4. The molecule has 0 bridgehead atoms. The summed E-state index contributed by atoms with van der Waals surface area (Å²) in [4.78, 5) is 10.6. The van der Waals surface area contributed by atoms with Crippen molar-refractivity contribution in [2.45, 2.75) is 6.92 Å². The molecule has 4 nitrogen and oxygen atoms in total. The van der Waals surface area contributed by atoms with Crippen molar-refractivity contribution in [1.29, 1.82) is 0 Å². The van der Waals surface area contributed by atoms with E-state index >= 15 is 0 Å². The van der Waals surface area contributed by atoms with Gasteiger partial charge in [0.05, 0.1) is 7.11 Å². The predicted molar refractivity (Wildman–Crippen MR) is 59.6 cm³/mol. The van der Waals surface area contributed by atoms with Gasteiger partial charge in [0.1, 0.15) is 5.75 Å². The Bertz CT molecular complexity index is 386. The van der Waals surface area contributed by atoms with Gasteiger partial charge in [-0.3, -0.25) is 4.79 Å². The fourth-order valence-electron chi connectivity index (χ4n) is 1.18. The van der Waals surface area contributed by atoms with Crippen molar-refractivity contribution >= 4 is 11.6 Å². The predicted octanol–water partition coefficient (Wildman–Crippen LogP) is 1.50. The molecule has 80 valence electrons. The lowest BCUT2D eigenvalue weighted by atomic mass is 10.3. The van der Waals surface area contributed by atoms with E-state index in [9.17, 15) is 4.79 Å². The van der Waals surface area contributed by atoms with Crippen LogP contribution < -0.4 is 15.8 Å². The summed E-state index contributed by atoms with van der Waals surface area (Å²) in [6, 6.07) is 7.41. The van der Waals surface area contributed by atoms with E-state index in [1.54, 1.807) is 14.0 Å². The molecule has 15 heavy (non-hydrogen) atoms. The molecule has 0 unspecified atom stereocenters. The SMILES string of the molecule is COc1cccc(N/C(C)=C\C(N)=O)c1. The third-order valence-electron chi connectivity index (χ3n) is 1.77. The van der Waals surface area contributed by atoms with E-state index in [2.05, 4.69) is 5.32 Å². The number of amides is 1. The van der Waals surface area contributed by atoms with Crippen LogP contribution in [0.5, 0.6) is 5.75 Å². The Hall–Kier alpha value is -1.97. The minimum atomic E-state index is -0.470. The van der Waals surface area contributed by atoms with Crippen LogP contribution in [0.15, 0.2) is 36.0 Å². The second-order valence-corrected chi connectivity index (χ2v) is 3.09.